The Hall–Kier alpha value is -4.64. The van der Waals surface area contributed by atoms with Crippen LogP contribution < -0.4 is 5.32 Å². The van der Waals surface area contributed by atoms with Crippen molar-refractivity contribution in [1.82, 2.24) is 5.32 Å². The van der Waals surface area contributed by atoms with Crippen LogP contribution in [0.3, 0.4) is 0 Å². The number of hydrogen-bond acceptors (Lipinski definition) is 3. The number of rotatable bonds is 6. The summed E-state index contributed by atoms with van der Waals surface area (Å²) in [5.41, 5.74) is 5.37. The number of carbonyl (C=O) groups excluding carboxylic acids is 1. The van der Waals surface area contributed by atoms with Crippen molar-refractivity contribution in [3.05, 3.63) is 120 Å². The quantitative estimate of drug-likeness (QED) is 0.267. The Morgan fingerprint density at radius 3 is 1.84 bits per heavy atom. The van der Waals surface area contributed by atoms with Gasteiger partial charge in [0.25, 0.3) is 0 Å². The van der Waals surface area contributed by atoms with Crippen LogP contribution in [0.15, 0.2) is 103 Å². The maximum absolute atomic E-state index is 12.9. The van der Waals surface area contributed by atoms with Gasteiger partial charge in [0.1, 0.15) is 12.6 Å². The number of alkyl carbamates (subject to hydrolysis) is 1. The maximum Gasteiger partial charge on any atom is 0.407 e. The van der Waals surface area contributed by atoms with Crippen molar-refractivity contribution in [2.24, 2.45) is 0 Å². The number of carboxylic acids is 1. The Balaban J connectivity index is 1.23. The molecular formula is C32H25NO4. The average Bonchev–Trinajstić information content (AvgIpc) is 3.25. The van der Waals surface area contributed by atoms with Gasteiger partial charge in [0.2, 0.25) is 0 Å². The highest BCUT2D eigenvalue weighted by Crippen LogP contribution is 2.44. The second-order valence-electron chi connectivity index (χ2n) is 9.36. The third-order valence-electron chi connectivity index (χ3n) is 7.22. The lowest BCUT2D eigenvalue weighted by Crippen LogP contribution is -2.43. The number of carbonyl (C=O) groups is 2. The molecule has 5 nitrogen and oxygen atoms in total. The van der Waals surface area contributed by atoms with E-state index in [0.29, 0.717) is 0 Å². The first-order valence-electron chi connectivity index (χ1n) is 12.3. The van der Waals surface area contributed by atoms with Crippen LogP contribution in [0.25, 0.3) is 32.7 Å². The molecular weight excluding hydrogens is 462 g/mol. The number of hydrogen-bond donors (Lipinski definition) is 2. The molecule has 0 saturated carbocycles. The Kier molecular flexibility index (Phi) is 5.81. The summed E-state index contributed by atoms with van der Waals surface area (Å²) in [6.45, 7) is 0.128. The second kappa shape index (κ2) is 9.43. The minimum absolute atomic E-state index is 0.0940. The van der Waals surface area contributed by atoms with Crippen LogP contribution in [0, 0.1) is 0 Å². The van der Waals surface area contributed by atoms with Crippen LogP contribution in [-0.4, -0.2) is 29.8 Å². The van der Waals surface area contributed by atoms with Crippen molar-refractivity contribution in [2.45, 2.75) is 18.4 Å². The number of amides is 1. The lowest BCUT2D eigenvalue weighted by molar-refractivity contribution is -0.139. The van der Waals surface area contributed by atoms with Gasteiger partial charge < -0.3 is 15.2 Å². The van der Waals surface area contributed by atoms with Crippen molar-refractivity contribution in [1.29, 1.82) is 0 Å². The largest absolute Gasteiger partial charge is 0.480 e. The summed E-state index contributed by atoms with van der Waals surface area (Å²) in [6, 6.07) is 33.0. The molecule has 0 heterocycles. The Morgan fingerprint density at radius 1 is 0.757 bits per heavy atom. The first-order chi connectivity index (χ1) is 18.1. The average molecular weight is 488 g/mol. The maximum atomic E-state index is 12.9. The van der Waals surface area contributed by atoms with Crippen LogP contribution in [0.4, 0.5) is 4.79 Å². The van der Waals surface area contributed by atoms with Gasteiger partial charge in [-0.15, -0.1) is 0 Å². The molecule has 0 fully saturated rings. The fourth-order valence-corrected chi connectivity index (χ4v) is 5.51. The van der Waals surface area contributed by atoms with Crippen LogP contribution >= 0.6 is 0 Å². The van der Waals surface area contributed by atoms with Gasteiger partial charge in [-0.25, -0.2) is 9.59 Å². The van der Waals surface area contributed by atoms with Gasteiger partial charge in [-0.3, -0.25) is 0 Å². The van der Waals surface area contributed by atoms with E-state index in [1.54, 1.807) is 0 Å². The van der Waals surface area contributed by atoms with Crippen LogP contribution in [0.2, 0.25) is 0 Å². The molecule has 1 aliphatic carbocycles. The highest BCUT2D eigenvalue weighted by atomic mass is 16.5. The number of ether oxygens (including phenoxy) is 1. The minimum atomic E-state index is -1.13. The van der Waals surface area contributed by atoms with E-state index in [9.17, 15) is 14.7 Å². The number of nitrogens with one attached hydrogen (secondary N) is 1. The molecule has 182 valence electrons. The van der Waals surface area contributed by atoms with Crippen molar-refractivity contribution in [3.63, 3.8) is 0 Å². The molecule has 2 N–H and O–H groups in total. The number of aliphatic carboxylic acids is 1. The van der Waals surface area contributed by atoms with Crippen molar-refractivity contribution in [3.8, 4) is 11.1 Å². The Labute approximate surface area is 214 Å². The van der Waals surface area contributed by atoms with E-state index in [1.165, 1.54) is 0 Å². The van der Waals surface area contributed by atoms with Gasteiger partial charge in [0, 0.05) is 12.3 Å². The Bertz CT molecular complexity index is 1560. The SMILES string of the molecule is O=C(N[C@H](Cc1c2ccccc2cc2ccccc12)C(=O)O)OCC1c2ccccc2-c2ccccc21. The van der Waals surface area contributed by atoms with Crippen LogP contribution in [0.1, 0.15) is 22.6 Å². The molecule has 0 radical (unpaired) electrons. The standard InChI is InChI=1S/C32H25NO4/c34-31(35)30(18-28-22-11-3-1-9-20(22)17-21-10-2-4-12-23(21)28)33-32(36)37-19-29-26-15-7-5-13-24(26)25-14-6-8-16-27(25)29/h1-17,29-30H,18-19H2,(H,33,36)(H,34,35)/t30-/m1/s1. The molecule has 1 amide bonds. The van der Waals surface area contributed by atoms with Gasteiger partial charge in [-0.05, 0) is 55.4 Å². The zero-order valence-corrected chi connectivity index (χ0v) is 20.1. The fourth-order valence-electron chi connectivity index (χ4n) is 5.51. The van der Waals surface area contributed by atoms with Crippen LogP contribution in [0.5, 0.6) is 0 Å². The van der Waals surface area contributed by atoms with E-state index in [-0.39, 0.29) is 18.9 Å². The zero-order chi connectivity index (χ0) is 25.4. The van der Waals surface area contributed by atoms with Gasteiger partial charge >= 0.3 is 12.1 Å². The van der Waals surface area contributed by atoms with E-state index in [2.05, 4.69) is 23.5 Å². The zero-order valence-electron chi connectivity index (χ0n) is 20.1. The van der Waals surface area contributed by atoms with E-state index >= 15 is 0 Å². The smallest absolute Gasteiger partial charge is 0.407 e. The fraction of sp³-hybridized carbons (Fsp3) is 0.125. The molecule has 0 spiro atoms. The molecule has 5 aromatic carbocycles. The van der Waals surface area contributed by atoms with Crippen molar-refractivity contribution >= 4 is 33.6 Å². The summed E-state index contributed by atoms with van der Waals surface area (Å²) in [7, 11) is 0. The number of carboxylic acid groups (broad SMARTS) is 1. The predicted octanol–water partition coefficient (Wildman–Crippen LogP) is 6.53. The van der Waals surface area contributed by atoms with Gasteiger partial charge in [-0.2, -0.15) is 0 Å². The molecule has 0 aromatic heterocycles. The lowest BCUT2D eigenvalue weighted by atomic mass is 9.92. The van der Waals surface area contributed by atoms with E-state index < -0.39 is 18.1 Å². The van der Waals surface area contributed by atoms with Crippen LogP contribution in [-0.2, 0) is 16.0 Å². The third kappa shape index (κ3) is 4.19. The summed E-state index contributed by atoms with van der Waals surface area (Å²) >= 11 is 0. The highest BCUT2D eigenvalue weighted by molar-refractivity contribution is 6.02. The lowest BCUT2D eigenvalue weighted by Gasteiger charge is -2.19. The van der Waals surface area contributed by atoms with E-state index in [0.717, 1.165) is 49.4 Å². The molecule has 1 aliphatic rings. The van der Waals surface area contributed by atoms with Crippen molar-refractivity contribution in [2.75, 3.05) is 6.61 Å². The van der Waals surface area contributed by atoms with Gasteiger partial charge in [0.15, 0.2) is 0 Å². The van der Waals surface area contributed by atoms with E-state index in [1.807, 2.05) is 84.9 Å². The monoisotopic (exact) mass is 487 g/mol. The Morgan fingerprint density at radius 2 is 1.27 bits per heavy atom. The summed E-state index contributed by atoms with van der Waals surface area (Å²) in [5, 5.41) is 16.6. The normalized spacial score (nSPS) is 13.2. The topological polar surface area (TPSA) is 75.6 Å². The molecule has 1 atom stereocenters. The van der Waals surface area contributed by atoms with Crippen molar-refractivity contribution < 1.29 is 19.4 Å². The number of benzene rings is 5. The first kappa shape index (κ1) is 22.8. The number of fused-ring (bicyclic) bond motifs is 5. The van der Waals surface area contributed by atoms with Gasteiger partial charge in [0.05, 0.1) is 0 Å². The molecule has 6 rings (SSSR count). The minimum Gasteiger partial charge on any atom is -0.480 e. The summed E-state index contributed by atoms with van der Waals surface area (Å²) in [6.07, 6.45) is -0.597. The first-order valence-corrected chi connectivity index (χ1v) is 12.3. The molecule has 5 aromatic rings. The molecule has 0 saturated heterocycles. The molecule has 0 aliphatic heterocycles. The summed E-state index contributed by atoms with van der Waals surface area (Å²) < 4.78 is 5.62. The third-order valence-corrected chi connectivity index (χ3v) is 7.22. The van der Waals surface area contributed by atoms with Gasteiger partial charge in [-0.1, -0.05) is 97.1 Å². The molecule has 0 bridgehead atoms. The predicted molar refractivity (Wildman–Crippen MR) is 145 cm³/mol. The second-order valence-corrected chi connectivity index (χ2v) is 9.36. The molecule has 0 unspecified atom stereocenters. The highest BCUT2D eigenvalue weighted by Gasteiger charge is 2.30. The summed E-state index contributed by atoms with van der Waals surface area (Å²) in [5.74, 6) is -1.20. The van der Waals surface area contributed by atoms with E-state index in [4.69, 9.17) is 4.74 Å². The molecule has 5 heteroatoms. The summed E-state index contributed by atoms with van der Waals surface area (Å²) in [4.78, 5) is 25.1. The molecule has 37 heavy (non-hydrogen) atoms.